The van der Waals surface area contributed by atoms with E-state index in [9.17, 15) is 4.79 Å². The van der Waals surface area contributed by atoms with Crippen LogP contribution in [-0.2, 0) is 9.53 Å². The van der Waals surface area contributed by atoms with Crippen molar-refractivity contribution < 1.29 is 9.53 Å². The Morgan fingerprint density at radius 3 is 2.81 bits per heavy atom. The first-order valence-corrected chi connectivity index (χ1v) is 10.9. The molecule has 4 rings (SSSR count). The highest BCUT2D eigenvalue weighted by atomic mass is 79.9. The lowest BCUT2D eigenvalue weighted by atomic mass is 10.3. The standard InChI is InChI=1S/C17H19BrClN5O2S/c18-11-1-4-14(13(19)9-11)20-15(25)10-27-17-22-21-16(24(17)12-2-3-12)23-5-7-26-8-6-23/h1,4,9,12H,2-3,5-8,10H2,(H,20,25). The predicted molar refractivity (Wildman–Crippen MR) is 110 cm³/mol. The van der Waals surface area contributed by atoms with E-state index in [1.54, 1.807) is 12.1 Å². The molecule has 0 unspecified atom stereocenters. The number of aromatic nitrogens is 3. The van der Waals surface area contributed by atoms with Crippen molar-refractivity contribution in [3.8, 4) is 0 Å². The minimum Gasteiger partial charge on any atom is -0.378 e. The molecule has 2 aliphatic rings. The summed E-state index contributed by atoms with van der Waals surface area (Å²) in [6.45, 7) is 3.04. The van der Waals surface area contributed by atoms with Gasteiger partial charge in [-0.1, -0.05) is 39.3 Å². The highest BCUT2D eigenvalue weighted by Crippen LogP contribution is 2.41. The zero-order valence-corrected chi connectivity index (χ0v) is 17.7. The highest BCUT2D eigenvalue weighted by Gasteiger charge is 2.32. The second-order valence-electron chi connectivity index (χ2n) is 6.44. The smallest absolute Gasteiger partial charge is 0.234 e. The normalized spacial score (nSPS) is 17.2. The average Bonchev–Trinajstić information content (AvgIpc) is 3.42. The van der Waals surface area contributed by atoms with Gasteiger partial charge in [-0.2, -0.15) is 0 Å². The number of benzene rings is 1. The van der Waals surface area contributed by atoms with Crippen LogP contribution >= 0.6 is 39.3 Å². The number of hydrogen-bond donors (Lipinski definition) is 1. The molecule has 1 aliphatic heterocycles. The number of nitrogens with one attached hydrogen (secondary N) is 1. The summed E-state index contributed by atoms with van der Waals surface area (Å²) >= 11 is 10.9. The molecule has 2 fully saturated rings. The maximum Gasteiger partial charge on any atom is 0.234 e. The lowest BCUT2D eigenvalue weighted by molar-refractivity contribution is -0.113. The Labute approximate surface area is 174 Å². The Hall–Kier alpha value is -1.29. The summed E-state index contributed by atoms with van der Waals surface area (Å²) in [5.41, 5.74) is 0.600. The van der Waals surface area contributed by atoms with E-state index < -0.39 is 0 Å². The Balaban J connectivity index is 1.42. The van der Waals surface area contributed by atoms with Crippen molar-refractivity contribution >= 4 is 56.8 Å². The molecule has 0 atom stereocenters. The number of thioether (sulfide) groups is 1. The number of ether oxygens (including phenoxy) is 1. The molecular weight excluding hydrogens is 454 g/mol. The monoisotopic (exact) mass is 471 g/mol. The fourth-order valence-corrected chi connectivity index (χ4v) is 4.43. The lowest BCUT2D eigenvalue weighted by Crippen LogP contribution is -2.38. The zero-order chi connectivity index (χ0) is 18.8. The second-order valence-corrected chi connectivity index (χ2v) is 8.71. The minimum atomic E-state index is -0.123. The molecule has 27 heavy (non-hydrogen) atoms. The molecule has 2 heterocycles. The fourth-order valence-electron chi connectivity index (χ4n) is 2.91. The Bertz CT molecular complexity index is 839. The van der Waals surface area contributed by atoms with Crippen LogP contribution in [0.25, 0.3) is 0 Å². The van der Waals surface area contributed by atoms with E-state index in [0.717, 1.165) is 41.5 Å². The van der Waals surface area contributed by atoms with Crippen LogP contribution in [0.1, 0.15) is 18.9 Å². The number of morpholine rings is 1. The quantitative estimate of drug-likeness (QED) is 0.648. The third kappa shape index (κ3) is 4.59. The number of carbonyl (C=O) groups excluding carboxylic acids is 1. The van der Waals surface area contributed by atoms with Crippen molar-refractivity contribution in [3.63, 3.8) is 0 Å². The van der Waals surface area contributed by atoms with E-state index in [0.29, 0.717) is 30.0 Å². The molecule has 0 spiro atoms. The molecule has 1 amide bonds. The van der Waals surface area contributed by atoms with E-state index in [-0.39, 0.29) is 11.7 Å². The maximum atomic E-state index is 12.3. The molecular formula is C17H19BrClN5O2S. The van der Waals surface area contributed by atoms with Gasteiger partial charge in [-0.15, -0.1) is 10.2 Å². The van der Waals surface area contributed by atoms with E-state index >= 15 is 0 Å². The van der Waals surface area contributed by atoms with Gasteiger partial charge in [0, 0.05) is 23.6 Å². The fraction of sp³-hybridized carbons (Fsp3) is 0.471. The van der Waals surface area contributed by atoms with Crippen LogP contribution in [0.3, 0.4) is 0 Å². The van der Waals surface area contributed by atoms with Crippen LogP contribution < -0.4 is 10.2 Å². The molecule has 1 N–H and O–H groups in total. The van der Waals surface area contributed by atoms with Gasteiger partial charge < -0.3 is 15.0 Å². The molecule has 7 nitrogen and oxygen atoms in total. The minimum absolute atomic E-state index is 0.123. The average molecular weight is 473 g/mol. The second kappa shape index (κ2) is 8.38. The number of amides is 1. The van der Waals surface area contributed by atoms with E-state index in [1.165, 1.54) is 11.8 Å². The van der Waals surface area contributed by atoms with E-state index in [4.69, 9.17) is 16.3 Å². The summed E-state index contributed by atoms with van der Waals surface area (Å²) in [5.74, 6) is 1.02. The van der Waals surface area contributed by atoms with Crippen molar-refractivity contribution in [3.05, 3.63) is 27.7 Å². The number of rotatable bonds is 6. The van der Waals surface area contributed by atoms with Gasteiger partial charge in [-0.3, -0.25) is 9.36 Å². The van der Waals surface area contributed by atoms with Crippen molar-refractivity contribution in [1.82, 2.24) is 14.8 Å². The number of halogens is 2. The van der Waals surface area contributed by atoms with Crippen molar-refractivity contribution in [2.75, 3.05) is 42.3 Å². The molecule has 1 aromatic heterocycles. The SMILES string of the molecule is O=C(CSc1nnc(N2CCOCC2)n1C1CC1)Nc1ccc(Br)cc1Cl. The van der Waals surface area contributed by atoms with E-state index in [2.05, 4.69) is 40.9 Å². The van der Waals surface area contributed by atoms with Crippen LogP contribution in [-0.4, -0.2) is 52.7 Å². The maximum absolute atomic E-state index is 12.3. The van der Waals surface area contributed by atoms with Crippen LogP contribution in [0.5, 0.6) is 0 Å². The van der Waals surface area contributed by atoms with Gasteiger partial charge in [0.05, 0.1) is 29.7 Å². The number of anilines is 2. The van der Waals surface area contributed by atoms with Crippen molar-refractivity contribution in [2.24, 2.45) is 0 Å². The third-order valence-electron chi connectivity index (χ3n) is 4.39. The van der Waals surface area contributed by atoms with Crippen LogP contribution in [0.4, 0.5) is 11.6 Å². The van der Waals surface area contributed by atoms with Gasteiger partial charge in [0.15, 0.2) is 5.16 Å². The molecule has 10 heteroatoms. The predicted octanol–water partition coefficient (Wildman–Crippen LogP) is 3.60. The van der Waals surface area contributed by atoms with Crippen molar-refractivity contribution in [1.29, 1.82) is 0 Å². The summed E-state index contributed by atoms with van der Waals surface area (Å²) < 4.78 is 8.47. The Morgan fingerprint density at radius 1 is 1.33 bits per heavy atom. The molecule has 144 valence electrons. The van der Waals surface area contributed by atoms with Crippen LogP contribution in [0.2, 0.25) is 5.02 Å². The summed E-state index contributed by atoms with van der Waals surface area (Å²) in [6, 6.07) is 5.80. The Morgan fingerprint density at radius 2 is 2.11 bits per heavy atom. The lowest BCUT2D eigenvalue weighted by Gasteiger charge is -2.27. The van der Waals surface area contributed by atoms with Crippen LogP contribution in [0.15, 0.2) is 27.8 Å². The molecule has 2 aromatic rings. The first kappa shape index (κ1) is 19.0. The third-order valence-corrected chi connectivity index (χ3v) is 6.14. The summed E-state index contributed by atoms with van der Waals surface area (Å²) in [7, 11) is 0. The van der Waals surface area contributed by atoms with E-state index in [1.807, 2.05) is 6.07 Å². The van der Waals surface area contributed by atoms with Crippen molar-refractivity contribution in [2.45, 2.75) is 24.0 Å². The topological polar surface area (TPSA) is 72.3 Å². The molecule has 1 aromatic carbocycles. The molecule has 1 aliphatic carbocycles. The summed E-state index contributed by atoms with van der Waals surface area (Å²) in [6.07, 6.45) is 2.26. The molecule has 1 saturated carbocycles. The van der Waals surface area contributed by atoms with Gasteiger partial charge in [-0.05, 0) is 31.0 Å². The van der Waals surface area contributed by atoms with Gasteiger partial charge in [0.25, 0.3) is 0 Å². The summed E-state index contributed by atoms with van der Waals surface area (Å²) in [5, 5.41) is 12.9. The Kier molecular flexibility index (Phi) is 5.91. The highest BCUT2D eigenvalue weighted by molar-refractivity contribution is 9.10. The van der Waals surface area contributed by atoms with Gasteiger partial charge in [0.2, 0.25) is 11.9 Å². The number of carbonyl (C=O) groups is 1. The summed E-state index contributed by atoms with van der Waals surface area (Å²) in [4.78, 5) is 14.6. The van der Waals surface area contributed by atoms with Gasteiger partial charge in [-0.25, -0.2) is 0 Å². The largest absolute Gasteiger partial charge is 0.378 e. The first-order valence-electron chi connectivity index (χ1n) is 8.77. The molecule has 0 radical (unpaired) electrons. The number of hydrogen-bond acceptors (Lipinski definition) is 6. The molecule has 1 saturated heterocycles. The van der Waals surface area contributed by atoms with Gasteiger partial charge in [0.1, 0.15) is 0 Å². The zero-order valence-electron chi connectivity index (χ0n) is 14.5. The number of nitrogens with zero attached hydrogens (tertiary/aromatic N) is 4. The molecule has 0 bridgehead atoms. The van der Waals surface area contributed by atoms with Gasteiger partial charge >= 0.3 is 0 Å². The van der Waals surface area contributed by atoms with Crippen LogP contribution in [0, 0.1) is 0 Å². The first-order chi connectivity index (χ1) is 13.1.